The molecule has 0 aliphatic heterocycles. The van der Waals surface area contributed by atoms with Crippen LogP contribution in [0.1, 0.15) is 35.8 Å². The molecule has 1 atom stereocenters. The minimum absolute atomic E-state index is 0.134. The van der Waals surface area contributed by atoms with E-state index in [1.165, 1.54) is 18.3 Å². The van der Waals surface area contributed by atoms with E-state index < -0.39 is 17.9 Å². The summed E-state index contributed by atoms with van der Waals surface area (Å²) in [5, 5.41) is 16.0. The molecule has 0 unspecified atom stereocenters. The largest absolute Gasteiger partial charge is 0.508 e. The van der Waals surface area contributed by atoms with Crippen LogP contribution in [0.5, 0.6) is 5.75 Å². The zero-order valence-electron chi connectivity index (χ0n) is 13.1. The van der Waals surface area contributed by atoms with Gasteiger partial charge in [0, 0.05) is 18.7 Å². The van der Waals surface area contributed by atoms with Crippen LogP contribution in [0.15, 0.2) is 36.7 Å². The summed E-state index contributed by atoms with van der Waals surface area (Å²) in [4.78, 5) is 23.8. The number of rotatable bonds is 6. The lowest BCUT2D eigenvalue weighted by molar-refractivity contribution is -0.119. The molecule has 0 radical (unpaired) electrons. The van der Waals surface area contributed by atoms with Crippen molar-refractivity contribution < 1.29 is 14.7 Å². The predicted molar refractivity (Wildman–Crippen MR) is 84.9 cm³/mol. The van der Waals surface area contributed by atoms with E-state index >= 15 is 0 Å². The lowest BCUT2D eigenvalue weighted by Gasteiger charge is -2.15. The smallest absolute Gasteiger partial charge is 0.255 e. The van der Waals surface area contributed by atoms with Gasteiger partial charge < -0.3 is 16.2 Å². The average Bonchev–Trinajstić information content (AvgIpc) is 2.98. The molecule has 0 saturated heterocycles. The molecule has 0 aliphatic carbocycles. The van der Waals surface area contributed by atoms with Gasteiger partial charge in [-0.25, -0.2) is 0 Å². The Labute approximate surface area is 134 Å². The van der Waals surface area contributed by atoms with Crippen LogP contribution in [0, 0.1) is 0 Å². The Kier molecular flexibility index (Phi) is 5.00. The standard InChI is InChI=1S/C16H20N4O3/c1-10(2)20-9-12(8-18-20)16(23)19-14(15(17)22)7-11-3-5-13(21)6-4-11/h3-6,8-10,14,21H,7H2,1-2H3,(H2,17,22)(H,19,23)/t14-/m0/s1. The van der Waals surface area contributed by atoms with Crippen molar-refractivity contribution >= 4 is 11.8 Å². The first-order chi connectivity index (χ1) is 10.9. The van der Waals surface area contributed by atoms with Crippen LogP contribution in [-0.4, -0.2) is 32.7 Å². The quantitative estimate of drug-likeness (QED) is 0.738. The number of aromatic nitrogens is 2. The summed E-state index contributed by atoms with van der Waals surface area (Å²) in [6.45, 7) is 3.90. The van der Waals surface area contributed by atoms with Gasteiger partial charge in [0.05, 0.1) is 11.8 Å². The molecule has 7 heteroatoms. The zero-order chi connectivity index (χ0) is 17.0. The van der Waals surface area contributed by atoms with Gasteiger partial charge >= 0.3 is 0 Å². The second-order valence-corrected chi connectivity index (χ2v) is 5.60. The minimum Gasteiger partial charge on any atom is -0.508 e. The molecule has 1 aromatic carbocycles. The van der Waals surface area contributed by atoms with Crippen molar-refractivity contribution in [3.63, 3.8) is 0 Å². The number of benzene rings is 1. The molecule has 0 bridgehead atoms. The third kappa shape index (κ3) is 4.32. The molecule has 0 fully saturated rings. The Bertz CT molecular complexity index is 692. The van der Waals surface area contributed by atoms with Crippen molar-refractivity contribution in [2.75, 3.05) is 0 Å². The average molecular weight is 316 g/mol. The van der Waals surface area contributed by atoms with Crippen molar-refractivity contribution in [2.24, 2.45) is 5.73 Å². The van der Waals surface area contributed by atoms with Crippen molar-refractivity contribution in [3.8, 4) is 5.75 Å². The van der Waals surface area contributed by atoms with Gasteiger partial charge in [0.25, 0.3) is 5.91 Å². The van der Waals surface area contributed by atoms with Crippen LogP contribution >= 0.6 is 0 Å². The lowest BCUT2D eigenvalue weighted by atomic mass is 10.0. The summed E-state index contributed by atoms with van der Waals surface area (Å²) in [7, 11) is 0. The number of hydrogen-bond acceptors (Lipinski definition) is 4. The summed E-state index contributed by atoms with van der Waals surface area (Å²) < 4.78 is 1.66. The highest BCUT2D eigenvalue weighted by molar-refractivity contribution is 5.97. The van der Waals surface area contributed by atoms with Crippen LogP contribution < -0.4 is 11.1 Å². The Morgan fingerprint density at radius 1 is 1.30 bits per heavy atom. The van der Waals surface area contributed by atoms with Gasteiger partial charge in [-0.2, -0.15) is 5.10 Å². The predicted octanol–water partition coefficient (Wildman–Crippen LogP) is 0.996. The fraction of sp³-hybridized carbons (Fsp3) is 0.312. The van der Waals surface area contributed by atoms with Gasteiger partial charge in [-0.1, -0.05) is 12.1 Å². The number of nitrogens with two attached hydrogens (primary N) is 1. The number of amides is 2. The Morgan fingerprint density at radius 2 is 1.96 bits per heavy atom. The second-order valence-electron chi connectivity index (χ2n) is 5.60. The molecule has 2 aromatic rings. The number of nitrogens with one attached hydrogen (secondary N) is 1. The number of phenolic OH excluding ortho intramolecular Hbond substituents is 1. The number of nitrogens with zero attached hydrogens (tertiary/aromatic N) is 2. The van der Waals surface area contributed by atoms with E-state index in [1.807, 2.05) is 13.8 Å². The van der Waals surface area contributed by atoms with Gasteiger partial charge in [0.15, 0.2) is 0 Å². The molecule has 2 amide bonds. The van der Waals surface area contributed by atoms with Gasteiger partial charge in [-0.3, -0.25) is 14.3 Å². The van der Waals surface area contributed by atoms with Crippen LogP contribution in [0.25, 0.3) is 0 Å². The third-order valence-electron chi connectivity index (χ3n) is 3.42. The summed E-state index contributed by atoms with van der Waals surface area (Å²) in [6, 6.07) is 5.68. The van der Waals surface area contributed by atoms with E-state index in [0.717, 1.165) is 5.56 Å². The lowest BCUT2D eigenvalue weighted by Crippen LogP contribution is -2.45. The molecule has 23 heavy (non-hydrogen) atoms. The molecule has 1 aromatic heterocycles. The molecule has 2 rings (SSSR count). The third-order valence-corrected chi connectivity index (χ3v) is 3.42. The topological polar surface area (TPSA) is 110 Å². The summed E-state index contributed by atoms with van der Waals surface area (Å²) in [5.74, 6) is -0.892. The molecule has 0 spiro atoms. The molecule has 1 heterocycles. The first kappa shape index (κ1) is 16.5. The second kappa shape index (κ2) is 6.95. The minimum atomic E-state index is -0.838. The summed E-state index contributed by atoms with van der Waals surface area (Å²) >= 11 is 0. The Hall–Kier alpha value is -2.83. The van der Waals surface area contributed by atoms with E-state index in [4.69, 9.17) is 5.73 Å². The van der Waals surface area contributed by atoms with Crippen molar-refractivity contribution in [1.29, 1.82) is 0 Å². The highest BCUT2D eigenvalue weighted by atomic mass is 16.3. The number of carbonyl (C=O) groups excluding carboxylic acids is 2. The Morgan fingerprint density at radius 3 is 2.48 bits per heavy atom. The van der Waals surface area contributed by atoms with Gasteiger partial charge in [0.1, 0.15) is 11.8 Å². The van der Waals surface area contributed by atoms with Gasteiger partial charge in [-0.15, -0.1) is 0 Å². The maximum absolute atomic E-state index is 12.2. The number of aromatic hydroxyl groups is 1. The maximum atomic E-state index is 12.2. The van der Waals surface area contributed by atoms with E-state index in [9.17, 15) is 14.7 Å². The highest BCUT2D eigenvalue weighted by Gasteiger charge is 2.20. The molecular weight excluding hydrogens is 296 g/mol. The van der Waals surface area contributed by atoms with Crippen LogP contribution in [0.3, 0.4) is 0 Å². The summed E-state index contributed by atoms with van der Waals surface area (Å²) in [5.41, 5.74) is 6.52. The van der Waals surface area contributed by atoms with Crippen LogP contribution in [-0.2, 0) is 11.2 Å². The van der Waals surface area contributed by atoms with Crippen molar-refractivity contribution in [3.05, 3.63) is 47.8 Å². The van der Waals surface area contributed by atoms with Crippen LogP contribution in [0.4, 0.5) is 0 Å². The molecule has 0 aliphatic rings. The fourth-order valence-electron chi connectivity index (χ4n) is 2.07. The van der Waals surface area contributed by atoms with E-state index in [0.29, 0.717) is 5.56 Å². The van der Waals surface area contributed by atoms with Crippen molar-refractivity contribution in [1.82, 2.24) is 15.1 Å². The van der Waals surface area contributed by atoms with E-state index in [-0.39, 0.29) is 18.2 Å². The number of primary amides is 1. The zero-order valence-corrected chi connectivity index (χ0v) is 13.1. The number of hydrogen-bond donors (Lipinski definition) is 3. The number of phenols is 1. The monoisotopic (exact) mass is 316 g/mol. The van der Waals surface area contributed by atoms with E-state index in [2.05, 4.69) is 10.4 Å². The molecule has 0 saturated carbocycles. The van der Waals surface area contributed by atoms with Crippen molar-refractivity contribution in [2.45, 2.75) is 32.4 Å². The van der Waals surface area contributed by atoms with Crippen LogP contribution in [0.2, 0.25) is 0 Å². The first-order valence-corrected chi connectivity index (χ1v) is 7.29. The molecule has 122 valence electrons. The highest BCUT2D eigenvalue weighted by Crippen LogP contribution is 2.12. The van der Waals surface area contributed by atoms with Gasteiger partial charge in [-0.05, 0) is 31.5 Å². The van der Waals surface area contributed by atoms with Gasteiger partial charge in [0.2, 0.25) is 5.91 Å². The Balaban J connectivity index is 2.07. The fourth-order valence-corrected chi connectivity index (χ4v) is 2.07. The molecular formula is C16H20N4O3. The summed E-state index contributed by atoms with van der Waals surface area (Å²) in [6.07, 6.45) is 3.33. The molecule has 4 N–H and O–H groups in total. The van der Waals surface area contributed by atoms with E-state index in [1.54, 1.807) is 23.0 Å². The normalized spacial score (nSPS) is 12.1. The first-order valence-electron chi connectivity index (χ1n) is 7.29. The maximum Gasteiger partial charge on any atom is 0.255 e. The molecule has 7 nitrogen and oxygen atoms in total. The SMILES string of the molecule is CC(C)n1cc(C(=O)N[C@@H](Cc2ccc(O)cc2)C(N)=O)cn1. The number of carbonyl (C=O) groups is 2.